The van der Waals surface area contributed by atoms with Crippen molar-refractivity contribution in [2.45, 2.75) is 16.6 Å². The van der Waals surface area contributed by atoms with Crippen LogP contribution in [0.15, 0.2) is 23.6 Å². The first-order valence-corrected chi connectivity index (χ1v) is 8.38. The van der Waals surface area contributed by atoms with Gasteiger partial charge in [-0.05, 0) is 6.07 Å². The summed E-state index contributed by atoms with van der Waals surface area (Å²) in [4.78, 5) is 33.2. The van der Waals surface area contributed by atoms with Crippen LogP contribution in [0.1, 0.15) is 0 Å². The second-order valence-electron chi connectivity index (χ2n) is 5.10. The molecule has 2 aliphatic rings. The molecule has 3 heterocycles. The van der Waals surface area contributed by atoms with E-state index < -0.39 is 17.4 Å². The summed E-state index contributed by atoms with van der Waals surface area (Å²) < 4.78 is 0. The molecular formula is C12H14N4O3S2. The number of aromatic nitrogens is 2. The maximum Gasteiger partial charge on any atom is 0.313 e. The first-order valence-electron chi connectivity index (χ1n) is 6.34. The Morgan fingerprint density at radius 2 is 2.29 bits per heavy atom. The highest BCUT2D eigenvalue weighted by Gasteiger charge is 2.55. The SMILES string of the molecule is NC1C(=O)N2CC(CSc3ncccn3)(C(=O)O)CS[C@H]12. The Balaban J connectivity index is 1.72. The largest absolute Gasteiger partial charge is 0.481 e. The summed E-state index contributed by atoms with van der Waals surface area (Å²) in [5.74, 6) is -0.306. The smallest absolute Gasteiger partial charge is 0.313 e. The molecule has 1 aromatic heterocycles. The van der Waals surface area contributed by atoms with Gasteiger partial charge in [-0.15, -0.1) is 11.8 Å². The number of nitrogens with two attached hydrogens (primary N) is 1. The predicted molar refractivity (Wildman–Crippen MR) is 78.8 cm³/mol. The third kappa shape index (κ3) is 2.49. The van der Waals surface area contributed by atoms with E-state index in [1.165, 1.54) is 23.5 Å². The first-order chi connectivity index (χ1) is 10.0. The fourth-order valence-electron chi connectivity index (χ4n) is 2.37. The van der Waals surface area contributed by atoms with Gasteiger partial charge in [0.05, 0.1) is 0 Å². The number of hydrogen-bond acceptors (Lipinski definition) is 7. The lowest BCUT2D eigenvalue weighted by Crippen LogP contribution is -2.72. The molecule has 0 radical (unpaired) electrons. The second kappa shape index (κ2) is 5.47. The van der Waals surface area contributed by atoms with Gasteiger partial charge in [0.25, 0.3) is 0 Å². The van der Waals surface area contributed by atoms with Gasteiger partial charge in [0, 0.05) is 30.4 Å². The van der Waals surface area contributed by atoms with Gasteiger partial charge in [0.1, 0.15) is 16.8 Å². The number of nitrogens with zero attached hydrogens (tertiary/aromatic N) is 3. The van der Waals surface area contributed by atoms with E-state index in [4.69, 9.17) is 5.73 Å². The molecule has 0 saturated carbocycles. The number of thioether (sulfide) groups is 2. The zero-order valence-electron chi connectivity index (χ0n) is 11.0. The van der Waals surface area contributed by atoms with E-state index in [1.807, 2.05) is 0 Å². The molecule has 7 nitrogen and oxygen atoms in total. The molecule has 0 aliphatic carbocycles. The molecule has 21 heavy (non-hydrogen) atoms. The molecule has 2 aliphatic heterocycles. The van der Waals surface area contributed by atoms with E-state index in [0.717, 1.165) is 0 Å². The first kappa shape index (κ1) is 14.6. The van der Waals surface area contributed by atoms with Gasteiger partial charge in [0.15, 0.2) is 5.16 Å². The van der Waals surface area contributed by atoms with E-state index in [-0.39, 0.29) is 17.8 Å². The quantitative estimate of drug-likeness (QED) is 0.448. The highest BCUT2D eigenvalue weighted by Crippen LogP contribution is 2.43. The molecule has 0 bridgehead atoms. The van der Waals surface area contributed by atoms with Gasteiger partial charge in [-0.3, -0.25) is 9.59 Å². The van der Waals surface area contributed by atoms with Gasteiger partial charge in [-0.1, -0.05) is 11.8 Å². The van der Waals surface area contributed by atoms with Gasteiger partial charge >= 0.3 is 5.97 Å². The Morgan fingerprint density at radius 1 is 1.57 bits per heavy atom. The third-order valence-electron chi connectivity index (χ3n) is 3.66. The Bertz CT molecular complexity index is 573. The van der Waals surface area contributed by atoms with Crippen molar-refractivity contribution < 1.29 is 14.7 Å². The van der Waals surface area contributed by atoms with Crippen molar-refractivity contribution in [1.82, 2.24) is 14.9 Å². The predicted octanol–water partition coefficient (Wildman–Crippen LogP) is -0.118. The average Bonchev–Trinajstić information content (AvgIpc) is 2.52. The topological polar surface area (TPSA) is 109 Å². The molecule has 2 unspecified atom stereocenters. The van der Waals surface area contributed by atoms with Crippen LogP contribution >= 0.6 is 23.5 Å². The summed E-state index contributed by atoms with van der Waals surface area (Å²) >= 11 is 2.74. The minimum Gasteiger partial charge on any atom is -0.481 e. The average molecular weight is 326 g/mol. The Morgan fingerprint density at radius 3 is 2.95 bits per heavy atom. The van der Waals surface area contributed by atoms with Crippen LogP contribution in [0.4, 0.5) is 0 Å². The van der Waals surface area contributed by atoms with Crippen molar-refractivity contribution in [2.24, 2.45) is 11.1 Å². The Hall–Kier alpha value is -1.32. The van der Waals surface area contributed by atoms with Gasteiger partial charge in [-0.25, -0.2) is 9.97 Å². The number of amides is 1. The van der Waals surface area contributed by atoms with Crippen LogP contribution in [0, 0.1) is 5.41 Å². The molecule has 3 rings (SSSR count). The molecular weight excluding hydrogens is 312 g/mol. The van der Waals surface area contributed by atoms with E-state index >= 15 is 0 Å². The summed E-state index contributed by atoms with van der Waals surface area (Å²) in [6, 6.07) is 1.21. The fraction of sp³-hybridized carbons (Fsp3) is 0.500. The number of rotatable bonds is 4. The lowest BCUT2D eigenvalue weighted by atomic mass is 9.89. The summed E-state index contributed by atoms with van der Waals surface area (Å²) in [7, 11) is 0. The molecule has 112 valence electrons. The fourth-order valence-corrected chi connectivity index (χ4v) is 4.98. The number of carboxylic acid groups (broad SMARTS) is 1. The number of β-lactam (4-membered cyclic amide) rings is 1. The molecule has 3 N–H and O–H groups in total. The minimum absolute atomic E-state index is 0.0806. The number of hydrogen-bond donors (Lipinski definition) is 2. The van der Waals surface area contributed by atoms with Crippen LogP contribution in [-0.2, 0) is 9.59 Å². The molecule has 1 amide bonds. The molecule has 2 saturated heterocycles. The van der Waals surface area contributed by atoms with Crippen LogP contribution in [0.2, 0.25) is 0 Å². The number of carbonyl (C=O) groups is 2. The van der Waals surface area contributed by atoms with Crippen molar-refractivity contribution in [3.63, 3.8) is 0 Å². The maximum atomic E-state index is 11.7. The zero-order chi connectivity index (χ0) is 15.0. The number of fused-ring (bicyclic) bond motifs is 1. The van der Waals surface area contributed by atoms with Crippen LogP contribution in [0.25, 0.3) is 0 Å². The van der Waals surface area contributed by atoms with Gasteiger partial charge in [-0.2, -0.15) is 0 Å². The van der Waals surface area contributed by atoms with E-state index in [9.17, 15) is 14.7 Å². The van der Waals surface area contributed by atoms with Crippen LogP contribution in [-0.4, -0.2) is 61.3 Å². The molecule has 3 atom stereocenters. The van der Waals surface area contributed by atoms with E-state index in [0.29, 0.717) is 16.7 Å². The van der Waals surface area contributed by atoms with Crippen molar-refractivity contribution in [2.75, 3.05) is 18.1 Å². The maximum absolute atomic E-state index is 11.7. The van der Waals surface area contributed by atoms with Gasteiger partial charge in [0.2, 0.25) is 5.91 Å². The zero-order valence-corrected chi connectivity index (χ0v) is 12.6. The van der Waals surface area contributed by atoms with E-state index in [1.54, 1.807) is 23.4 Å². The van der Waals surface area contributed by atoms with Crippen LogP contribution < -0.4 is 5.73 Å². The highest BCUT2D eigenvalue weighted by atomic mass is 32.2. The standard InChI is InChI=1S/C12H14N4O3S2/c13-7-8(17)16-4-12(10(18)19,5-20-9(7)16)6-21-11-14-2-1-3-15-11/h1-3,7,9H,4-6,13H2,(H,18,19)/t7?,9-,12?/m1/s1. The number of carboxylic acids is 1. The summed E-state index contributed by atoms with van der Waals surface area (Å²) in [5, 5.41) is 10.1. The molecule has 1 aromatic rings. The highest BCUT2D eigenvalue weighted by molar-refractivity contribution is 8.00. The van der Waals surface area contributed by atoms with Crippen molar-refractivity contribution >= 4 is 35.4 Å². The molecule has 2 fully saturated rings. The number of aliphatic carboxylic acids is 1. The van der Waals surface area contributed by atoms with Crippen molar-refractivity contribution in [3.8, 4) is 0 Å². The number of carbonyl (C=O) groups excluding carboxylic acids is 1. The van der Waals surface area contributed by atoms with E-state index in [2.05, 4.69) is 9.97 Å². The van der Waals surface area contributed by atoms with Crippen molar-refractivity contribution in [1.29, 1.82) is 0 Å². The Labute approximate surface area is 129 Å². The lowest BCUT2D eigenvalue weighted by molar-refractivity contribution is -0.155. The second-order valence-corrected chi connectivity index (χ2v) is 7.15. The summed E-state index contributed by atoms with van der Waals surface area (Å²) in [6.07, 6.45) is 3.23. The Kier molecular flexibility index (Phi) is 3.80. The van der Waals surface area contributed by atoms with Crippen molar-refractivity contribution in [3.05, 3.63) is 18.5 Å². The van der Waals surface area contributed by atoms with Crippen LogP contribution in [0.3, 0.4) is 0 Å². The molecule has 9 heteroatoms. The minimum atomic E-state index is -0.985. The lowest BCUT2D eigenvalue weighted by Gasteiger charge is -2.52. The molecule has 0 spiro atoms. The normalized spacial score (nSPS) is 31.5. The van der Waals surface area contributed by atoms with Crippen LogP contribution in [0.5, 0.6) is 0 Å². The summed E-state index contributed by atoms with van der Waals surface area (Å²) in [5.41, 5.74) is 4.74. The van der Waals surface area contributed by atoms with Gasteiger partial charge < -0.3 is 15.7 Å². The third-order valence-corrected chi connectivity index (χ3v) is 6.43. The summed E-state index contributed by atoms with van der Waals surface area (Å²) in [6.45, 7) is 0.201. The monoisotopic (exact) mass is 326 g/mol. The molecule has 0 aromatic carbocycles.